The first kappa shape index (κ1) is 15.0. The Balaban J connectivity index is 2.50. The summed E-state index contributed by atoms with van der Waals surface area (Å²) in [5, 5.41) is 3.94. The van der Waals surface area contributed by atoms with Gasteiger partial charge in [-0.15, -0.1) is 0 Å². The molecule has 18 heavy (non-hydrogen) atoms. The van der Waals surface area contributed by atoms with Crippen LogP contribution >= 0.6 is 11.6 Å². The van der Waals surface area contributed by atoms with E-state index < -0.39 is 0 Å². The lowest BCUT2D eigenvalue weighted by atomic mass is 10.1. The number of halogens is 1. The number of benzene rings is 1. The Bertz CT molecular complexity index is 365. The molecule has 0 heterocycles. The summed E-state index contributed by atoms with van der Waals surface area (Å²) in [6.45, 7) is 2.74. The van der Waals surface area contributed by atoms with E-state index in [0.717, 1.165) is 24.8 Å². The fourth-order valence-corrected chi connectivity index (χ4v) is 1.82. The molecular weight excluding hydrogens is 250 g/mol. The molecule has 1 aromatic carbocycles. The third-order valence-corrected chi connectivity index (χ3v) is 3.05. The highest BCUT2D eigenvalue weighted by Gasteiger charge is 2.17. The summed E-state index contributed by atoms with van der Waals surface area (Å²) in [5.41, 5.74) is 1.10. The second-order valence-electron chi connectivity index (χ2n) is 4.23. The third-order valence-electron chi connectivity index (χ3n) is 2.80. The van der Waals surface area contributed by atoms with E-state index in [2.05, 4.69) is 12.2 Å². The molecule has 4 heteroatoms. The molecule has 1 rings (SSSR count). The Hall–Kier alpha value is -1.06. The number of hydrogen-bond acceptors (Lipinski definition) is 3. The van der Waals surface area contributed by atoms with Crippen LogP contribution in [0.15, 0.2) is 24.3 Å². The van der Waals surface area contributed by atoms with Crippen molar-refractivity contribution in [3.05, 3.63) is 34.9 Å². The summed E-state index contributed by atoms with van der Waals surface area (Å²) >= 11 is 5.82. The topological polar surface area (TPSA) is 38.3 Å². The zero-order chi connectivity index (χ0) is 13.4. The van der Waals surface area contributed by atoms with Crippen molar-refractivity contribution in [3.8, 4) is 0 Å². The van der Waals surface area contributed by atoms with Crippen LogP contribution in [-0.4, -0.2) is 19.1 Å². The molecule has 1 aromatic rings. The maximum Gasteiger partial charge on any atom is 0.322 e. The lowest BCUT2D eigenvalue weighted by Gasteiger charge is -2.16. The lowest BCUT2D eigenvalue weighted by Crippen LogP contribution is -2.37. The first-order chi connectivity index (χ1) is 8.67. The van der Waals surface area contributed by atoms with E-state index in [4.69, 9.17) is 16.3 Å². The van der Waals surface area contributed by atoms with Crippen LogP contribution in [0.25, 0.3) is 0 Å². The predicted octanol–water partition coefficient (Wildman–Crippen LogP) is 3.16. The number of carbonyl (C=O) groups is 1. The van der Waals surface area contributed by atoms with Gasteiger partial charge in [0.1, 0.15) is 6.04 Å². The molecule has 0 fully saturated rings. The van der Waals surface area contributed by atoms with Gasteiger partial charge >= 0.3 is 5.97 Å². The molecule has 0 saturated carbocycles. The second kappa shape index (κ2) is 8.11. The molecule has 1 atom stereocenters. The monoisotopic (exact) mass is 269 g/mol. The highest BCUT2D eigenvalue weighted by Crippen LogP contribution is 2.10. The first-order valence-corrected chi connectivity index (χ1v) is 6.60. The molecule has 0 aliphatic carbocycles. The van der Waals surface area contributed by atoms with Gasteiger partial charge in [-0.25, -0.2) is 0 Å². The zero-order valence-corrected chi connectivity index (χ0v) is 11.7. The molecule has 0 aromatic heterocycles. The number of rotatable bonds is 7. The maximum absolute atomic E-state index is 11.6. The highest BCUT2D eigenvalue weighted by molar-refractivity contribution is 6.30. The largest absolute Gasteiger partial charge is 0.468 e. The summed E-state index contributed by atoms with van der Waals surface area (Å²) in [6, 6.07) is 7.35. The average molecular weight is 270 g/mol. The van der Waals surface area contributed by atoms with Gasteiger partial charge in [-0.3, -0.25) is 4.79 Å². The SMILES string of the molecule is CCCCC(NCc1ccc(Cl)cc1)C(=O)OC. The Kier molecular flexibility index (Phi) is 6.76. The third kappa shape index (κ3) is 5.07. The van der Waals surface area contributed by atoms with Crippen molar-refractivity contribution in [2.45, 2.75) is 38.8 Å². The van der Waals surface area contributed by atoms with Crippen LogP contribution in [0.3, 0.4) is 0 Å². The Morgan fingerprint density at radius 3 is 2.61 bits per heavy atom. The molecule has 0 aliphatic heterocycles. The minimum Gasteiger partial charge on any atom is -0.468 e. The van der Waals surface area contributed by atoms with Crippen molar-refractivity contribution in [2.75, 3.05) is 7.11 Å². The summed E-state index contributed by atoms with van der Waals surface area (Å²) in [5.74, 6) is -0.197. The van der Waals surface area contributed by atoms with Gasteiger partial charge in [-0.1, -0.05) is 43.5 Å². The van der Waals surface area contributed by atoms with Crippen molar-refractivity contribution >= 4 is 17.6 Å². The molecule has 0 aliphatic rings. The van der Waals surface area contributed by atoms with Crippen molar-refractivity contribution in [3.63, 3.8) is 0 Å². The molecule has 100 valence electrons. The Morgan fingerprint density at radius 1 is 1.39 bits per heavy atom. The normalized spacial score (nSPS) is 12.2. The molecule has 0 amide bonds. The van der Waals surface area contributed by atoms with Gasteiger partial charge in [0.05, 0.1) is 7.11 Å². The van der Waals surface area contributed by atoms with E-state index in [1.807, 2.05) is 24.3 Å². The maximum atomic E-state index is 11.6. The number of esters is 1. The smallest absolute Gasteiger partial charge is 0.322 e. The van der Waals surface area contributed by atoms with Gasteiger partial charge < -0.3 is 10.1 Å². The van der Waals surface area contributed by atoms with Crippen molar-refractivity contribution in [2.24, 2.45) is 0 Å². The van der Waals surface area contributed by atoms with Crippen LogP contribution in [0.2, 0.25) is 5.02 Å². The standard InChI is InChI=1S/C14H20ClNO2/c1-3-4-5-13(14(17)18-2)16-10-11-6-8-12(15)9-7-11/h6-9,13,16H,3-5,10H2,1-2H3. The molecule has 0 radical (unpaired) electrons. The van der Waals surface area contributed by atoms with Gasteiger partial charge in [0.2, 0.25) is 0 Å². The van der Waals surface area contributed by atoms with Crippen molar-refractivity contribution in [1.29, 1.82) is 0 Å². The minimum absolute atomic E-state index is 0.197. The number of nitrogens with one attached hydrogen (secondary N) is 1. The van der Waals surface area contributed by atoms with E-state index in [1.54, 1.807) is 0 Å². The van der Waals surface area contributed by atoms with E-state index in [-0.39, 0.29) is 12.0 Å². The number of unbranched alkanes of at least 4 members (excludes halogenated alkanes) is 1. The number of methoxy groups -OCH3 is 1. The number of carbonyl (C=O) groups excluding carboxylic acids is 1. The molecule has 3 nitrogen and oxygen atoms in total. The van der Waals surface area contributed by atoms with E-state index in [1.165, 1.54) is 7.11 Å². The van der Waals surface area contributed by atoms with Gasteiger partial charge in [0, 0.05) is 11.6 Å². The highest BCUT2D eigenvalue weighted by atomic mass is 35.5. The van der Waals surface area contributed by atoms with Gasteiger partial charge in [-0.2, -0.15) is 0 Å². The Labute approximate surface area is 113 Å². The van der Waals surface area contributed by atoms with Crippen LogP contribution in [0.5, 0.6) is 0 Å². The average Bonchev–Trinajstić information content (AvgIpc) is 2.40. The lowest BCUT2D eigenvalue weighted by molar-refractivity contribution is -0.143. The fourth-order valence-electron chi connectivity index (χ4n) is 1.70. The summed E-state index contributed by atoms with van der Waals surface area (Å²) in [7, 11) is 1.42. The molecule has 0 saturated heterocycles. The van der Waals surface area contributed by atoms with Crippen LogP contribution in [-0.2, 0) is 16.1 Å². The van der Waals surface area contributed by atoms with Crippen molar-refractivity contribution in [1.82, 2.24) is 5.32 Å². The quantitative estimate of drug-likeness (QED) is 0.773. The van der Waals surface area contributed by atoms with Gasteiger partial charge in [-0.05, 0) is 24.1 Å². The first-order valence-electron chi connectivity index (χ1n) is 6.23. The van der Waals surface area contributed by atoms with Gasteiger partial charge in [0.25, 0.3) is 0 Å². The summed E-state index contributed by atoms with van der Waals surface area (Å²) in [6.07, 6.45) is 2.88. The van der Waals surface area contributed by atoms with Crippen LogP contribution in [0.1, 0.15) is 31.7 Å². The molecule has 0 bridgehead atoms. The zero-order valence-electron chi connectivity index (χ0n) is 10.9. The summed E-state index contributed by atoms with van der Waals surface area (Å²) < 4.78 is 4.79. The Morgan fingerprint density at radius 2 is 2.06 bits per heavy atom. The van der Waals surface area contributed by atoms with Crippen LogP contribution in [0, 0.1) is 0 Å². The minimum atomic E-state index is -0.231. The van der Waals surface area contributed by atoms with E-state index in [9.17, 15) is 4.79 Å². The van der Waals surface area contributed by atoms with Gasteiger partial charge in [0.15, 0.2) is 0 Å². The second-order valence-corrected chi connectivity index (χ2v) is 4.66. The predicted molar refractivity (Wildman–Crippen MR) is 73.6 cm³/mol. The molecular formula is C14H20ClNO2. The van der Waals surface area contributed by atoms with Crippen molar-refractivity contribution < 1.29 is 9.53 Å². The number of hydrogen-bond donors (Lipinski definition) is 1. The fraction of sp³-hybridized carbons (Fsp3) is 0.500. The number of ether oxygens (including phenoxy) is 1. The van der Waals surface area contributed by atoms with E-state index >= 15 is 0 Å². The van der Waals surface area contributed by atoms with Crippen LogP contribution in [0.4, 0.5) is 0 Å². The van der Waals surface area contributed by atoms with E-state index in [0.29, 0.717) is 11.6 Å². The summed E-state index contributed by atoms with van der Waals surface area (Å²) in [4.78, 5) is 11.6. The molecule has 1 N–H and O–H groups in total. The molecule has 0 spiro atoms. The molecule has 1 unspecified atom stereocenters. The van der Waals surface area contributed by atoms with Crippen LogP contribution < -0.4 is 5.32 Å².